The van der Waals surface area contributed by atoms with Gasteiger partial charge < -0.3 is 18.9 Å². The zero-order chi connectivity index (χ0) is 65.5. The lowest BCUT2D eigenvalue weighted by atomic mass is 10.0. The molecular weight excluding hydrogens is 1130 g/mol. The minimum atomic E-state index is -4.41. The molecule has 0 amide bonds. The summed E-state index contributed by atoms with van der Waals surface area (Å²) in [6.45, 7) is 4.18. The van der Waals surface area contributed by atoms with Crippen LogP contribution in [0.5, 0.6) is 0 Å². The van der Waals surface area contributed by atoms with Gasteiger partial charge in [0.1, 0.15) is 19.8 Å². The number of phosphoric acid groups is 1. The standard InChI is InChI=1S/C80H130NO8P/c1-6-8-10-12-14-16-18-20-22-24-26-28-30-32-33-34-35-36-37-38-39-40-41-42-43-44-45-46-47-49-51-53-55-57-59-61-63-65-67-69-71-73-80(83)89-78(77-88-90(84,85)87-75-74-81(3,4)5)76-86-79(82)72-70-68-66-64-62-60-58-56-54-52-50-48-31-29-27-25-23-21-19-17-15-13-11-9-7-2/h8-11,14-17,20-23,26-29,32-33,35-36,38-39,41-42,44-45,47,49,53,55,78H,6-7,12-13,18-19,24-25,30-31,34,37,40,43,46,48,50-52,54,56-77H2,1-5H3/p+1/b10-8-,11-9-,16-14-,17-15-,22-20-,23-21-,28-26-,29-27-,33-32-,36-35-,39-38-,42-41-,45-44-,49-47-,55-53-. The van der Waals surface area contributed by atoms with E-state index in [-0.39, 0.29) is 32.0 Å². The molecule has 0 heterocycles. The first-order valence-corrected chi connectivity index (χ1v) is 37.0. The van der Waals surface area contributed by atoms with Gasteiger partial charge in [0.25, 0.3) is 0 Å². The molecule has 10 heteroatoms. The lowest BCUT2D eigenvalue weighted by Gasteiger charge is -2.24. The van der Waals surface area contributed by atoms with Crippen molar-refractivity contribution >= 4 is 19.8 Å². The van der Waals surface area contributed by atoms with E-state index >= 15 is 0 Å². The molecule has 0 spiro atoms. The summed E-state index contributed by atoms with van der Waals surface area (Å²) >= 11 is 0. The molecule has 1 N–H and O–H groups in total. The minimum absolute atomic E-state index is 0.0200. The fraction of sp³-hybridized carbons (Fsp3) is 0.600. The number of esters is 2. The zero-order valence-corrected chi connectivity index (χ0v) is 58.7. The Kier molecular flexibility index (Phi) is 64.8. The third-order valence-corrected chi connectivity index (χ3v) is 15.4. The van der Waals surface area contributed by atoms with Crippen LogP contribution in [0.15, 0.2) is 182 Å². The van der Waals surface area contributed by atoms with Crippen molar-refractivity contribution in [1.82, 2.24) is 0 Å². The van der Waals surface area contributed by atoms with Gasteiger partial charge in [-0.2, -0.15) is 0 Å². The molecule has 2 atom stereocenters. The molecule has 0 radical (unpaired) electrons. The number of unbranched alkanes of at least 4 members (excludes halogenated alkanes) is 19. The molecule has 0 fully saturated rings. The van der Waals surface area contributed by atoms with Gasteiger partial charge >= 0.3 is 19.8 Å². The largest absolute Gasteiger partial charge is 0.472 e. The maximum atomic E-state index is 12.9. The van der Waals surface area contributed by atoms with E-state index in [0.717, 1.165) is 141 Å². The first kappa shape index (κ1) is 85.1. The molecular formula is C80H131NO8P+. The van der Waals surface area contributed by atoms with Gasteiger partial charge in [-0.1, -0.05) is 292 Å². The number of quaternary nitrogens is 1. The van der Waals surface area contributed by atoms with Gasteiger partial charge in [0.2, 0.25) is 0 Å². The third-order valence-electron chi connectivity index (χ3n) is 14.4. The van der Waals surface area contributed by atoms with E-state index < -0.39 is 26.5 Å². The van der Waals surface area contributed by atoms with Crippen LogP contribution >= 0.6 is 7.82 Å². The van der Waals surface area contributed by atoms with Gasteiger partial charge in [0, 0.05) is 12.8 Å². The number of rotatable bonds is 63. The maximum Gasteiger partial charge on any atom is 0.472 e. The quantitative estimate of drug-likeness (QED) is 0.0211. The number of hydrogen-bond donors (Lipinski definition) is 1. The molecule has 0 aliphatic heterocycles. The van der Waals surface area contributed by atoms with Crippen molar-refractivity contribution in [1.29, 1.82) is 0 Å². The molecule has 0 aliphatic rings. The van der Waals surface area contributed by atoms with Crippen molar-refractivity contribution in [3.05, 3.63) is 182 Å². The Balaban J connectivity index is 4.14. The van der Waals surface area contributed by atoms with Gasteiger partial charge in [0.05, 0.1) is 27.7 Å². The molecule has 0 bridgehead atoms. The van der Waals surface area contributed by atoms with E-state index in [0.29, 0.717) is 17.4 Å². The van der Waals surface area contributed by atoms with Crippen LogP contribution in [0.2, 0.25) is 0 Å². The number of ether oxygens (including phenoxy) is 2. The normalized spacial score (nSPS) is 14.2. The van der Waals surface area contributed by atoms with Crippen LogP contribution in [0.25, 0.3) is 0 Å². The summed E-state index contributed by atoms with van der Waals surface area (Å²) in [6, 6.07) is 0. The van der Waals surface area contributed by atoms with Crippen LogP contribution < -0.4 is 0 Å². The van der Waals surface area contributed by atoms with Gasteiger partial charge in [0.15, 0.2) is 6.10 Å². The van der Waals surface area contributed by atoms with Gasteiger partial charge in [-0.15, -0.1) is 0 Å². The zero-order valence-electron chi connectivity index (χ0n) is 57.8. The van der Waals surface area contributed by atoms with Crippen LogP contribution in [-0.4, -0.2) is 74.9 Å². The van der Waals surface area contributed by atoms with Crippen molar-refractivity contribution < 1.29 is 42.1 Å². The number of hydrogen-bond acceptors (Lipinski definition) is 7. The molecule has 2 unspecified atom stereocenters. The molecule has 0 aromatic carbocycles. The second-order valence-electron chi connectivity index (χ2n) is 24.2. The monoisotopic (exact) mass is 1260 g/mol. The van der Waals surface area contributed by atoms with Crippen LogP contribution in [0.3, 0.4) is 0 Å². The molecule has 0 aromatic heterocycles. The summed E-state index contributed by atoms with van der Waals surface area (Å²) in [5, 5.41) is 0. The Morgan fingerprint density at radius 2 is 0.600 bits per heavy atom. The Morgan fingerprint density at radius 1 is 0.344 bits per heavy atom. The number of allylic oxidation sites excluding steroid dienone is 30. The van der Waals surface area contributed by atoms with Crippen molar-refractivity contribution in [2.24, 2.45) is 0 Å². The summed E-state index contributed by atoms with van der Waals surface area (Å²) in [4.78, 5) is 35.9. The molecule has 0 aromatic rings. The summed E-state index contributed by atoms with van der Waals surface area (Å²) < 4.78 is 34.7. The first-order chi connectivity index (χ1) is 44.0. The number of carbonyl (C=O) groups is 2. The summed E-state index contributed by atoms with van der Waals surface area (Å²) in [5.41, 5.74) is 0. The molecule has 90 heavy (non-hydrogen) atoms. The summed E-state index contributed by atoms with van der Waals surface area (Å²) in [6.07, 6.45) is 106. The average Bonchev–Trinajstić information content (AvgIpc) is 3.62. The number of likely N-dealkylation sites (N-methyl/N-ethyl adjacent to an activating group) is 1. The van der Waals surface area contributed by atoms with Crippen molar-refractivity contribution in [3.8, 4) is 0 Å². The number of nitrogens with zero attached hydrogens (tertiary/aromatic N) is 1. The maximum absolute atomic E-state index is 12.9. The highest BCUT2D eigenvalue weighted by Crippen LogP contribution is 2.43. The number of carbonyl (C=O) groups excluding carboxylic acids is 2. The van der Waals surface area contributed by atoms with E-state index in [1.165, 1.54) is 83.5 Å². The second-order valence-corrected chi connectivity index (χ2v) is 25.6. The number of phosphoric ester groups is 1. The Bertz CT molecular complexity index is 2170. The highest BCUT2D eigenvalue weighted by atomic mass is 31.2. The molecule has 0 aliphatic carbocycles. The lowest BCUT2D eigenvalue weighted by Crippen LogP contribution is -2.37. The van der Waals surface area contributed by atoms with Gasteiger partial charge in [-0.3, -0.25) is 18.6 Å². The Labute approximate surface area is 552 Å². The van der Waals surface area contributed by atoms with Crippen LogP contribution in [0, 0.1) is 0 Å². The smallest absolute Gasteiger partial charge is 0.462 e. The van der Waals surface area contributed by atoms with Crippen LogP contribution in [-0.2, 0) is 32.7 Å². The molecule has 0 saturated heterocycles. The van der Waals surface area contributed by atoms with Gasteiger partial charge in [-0.05, 0) is 135 Å². The SMILES string of the molecule is CC/C=C\C/C=C\C/C=C\C/C=C\C/C=C\C/C=C\C/C=C\C/C=C\C/C=C\C/C=C\C/C=C\CCCCCCCCCC(=O)OC(COC(=O)CCCCCCCCCCCCCC/C=C\C/C=C\C/C=C\C/C=C\CC)COP(=O)(O)OCC[N+](C)(C)C. The van der Waals surface area contributed by atoms with Crippen molar-refractivity contribution in [3.63, 3.8) is 0 Å². The highest BCUT2D eigenvalue weighted by Gasteiger charge is 2.27. The van der Waals surface area contributed by atoms with Gasteiger partial charge in [-0.25, -0.2) is 4.57 Å². The van der Waals surface area contributed by atoms with E-state index in [4.69, 9.17) is 18.5 Å². The third kappa shape index (κ3) is 72.2. The predicted octanol–water partition coefficient (Wildman–Crippen LogP) is 23.5. The lowest BCUT2D eigenvalue weighted by molar-refractivity contribution is -0.870. The summed E-state index contributed by atoms with van der Waals surface area (Å²) in [5.74, 6) is -0.821. The molecule has 9 nitrogen and oxygen atoms in total. The minimum Gasteiger partial charge on any atom is -0.462 e. The average molecular weight is 1270 g/mol. The molecule has 508 valence electrons. The molecule has 0 rings (SSSR count). The fourth-order valence-corrected chi connectivity index (χ4v) is 9.81. The first-order valence-electron chi connectivity index (χ1n) is 35.5. The van der Waals surface area contributed by atoms with E-state index in [1.807, 2.05) is 21.1 Å². The van der Waals surface area contributed by atoms with Crippen LogP contribution in [0.4, 0.5) is 0 Å². The van der Waals surface area contributed by atoms with E-state index in [9.17, 15) is 19.0 Å². The Morgan fingerprint density at radius 3 is 0.889 bits per heavy atom. The summed E-state index contributed by atoms with van der Waals surface area (Å²) in [7, 11) is 1.45. The van der Waals surface area contributed by atoms with Crippen molar-refractivity contribution in [2.45, 2.75) is 264 Å². The van der Waals surface area contributed by atoms with E-state index in [2.05, 4.69) is 196 Å². The van der Waals surface area contributed by atoms with Crippen LogP contribution in [0.1, 0.15) is 258 Å². The Hall–Kier alpha value is -4.89. The topological polar surface area (TPSA) is 108 Å². The second kappa shape index (κ2) is 68.5. The predicted molar refractivity (Wildman–Crippen MR) is 389 cm³/mol. The fourth-order valence-electron chi connectivity index (χ4n) is 9.07. The highest BCUT2D eigenvalue weighted by molar-refractivity contribution is 7.47. The van der Waals surface area contributed by atoms with E-state index in [1.54, 1.807) is 0 Å². The van der Waals surface area contributed by atoms with Crippen molar-refractivity contribution in [2.75, 3.05) is 47.5 Å². The molecule has 0 saturated carbocycles.